The molecule has 3 rings (SSSR count). The smallest absolute Gasteiger partial charge is 0.261 e. The summed E-state index contributed by atoms with van der Waals surface area (Å²) in [5.74, 6) is -0.113. The highest BCUT2D eigenvalue weighted by Gasteiger charge is 2.13. The SMILES string of the molecule is CN(CCc1ccccn1)C(=O)c1ccc2c(=O)n(C)c(=S)[nH]c2c1. The normalized spacial score (nSPS) is 10.8. The fraction of sp³-hybridized carbons (Fsp3) is 0.222. The Labute approximate surface area is 149 Å². The summed E-state index contributed by atoms with van der Waals surface area (Å²) in [6.45, 7) is 0.556. The van der Waals surface area contributed by atoms with Gasteiger partial charge in [0.25, 0.3) is 11.5 Å². The number of hydrogen-bond donors (Lipinski definition) is 1. The molecule has 0 aliphatic heterocycles. The van der Waals surface area contributed by atoms with Gasteiger partial charge in [-0.2, -0.15) is 0 Å². The number of amides is 1. The molecule has 0 saturated heterocycles. The average molecular weight is 354 g/mol. The summed E-state index contributed by atoms with van der Waals surface area (Å²) in [4.78, 5) is 33.7. The number of H-pyrrole nitrogens is 1. The third-order valence-corrected chi connectivity index (χ3v) is 4.50. The van der Waals surface area contributed by atoms with Crippen molar-refractivity contribution in [2.75, 3.05) is 13.6 Å². The molecule has 128 valence electrons. The lowest BCUT2D eigenvalue weighted by Gasteiger charge is -2.17. The third kappa shape index (κ3) is 3.51. The minimum absolute atomic E-state index is 0.113. The first-order valence-electron chi connectivity index (χ1n) is 7.86. The second-order valence-corrected chi connectivity index (χ2v) is 6.24. The number of hydrogen-bond acceptors (Lipinski definition) is 4. The molecule has 0 bridgehead atoms. The standard InChI is InChI=1S/C18H18N4O2S/c1-21(10-8-13-5-3-4-9-19-13)16(23)12-6-7-14-15(11-12)20-18(25)22(2)17(14)24/h3-7,9,11H,8,10H2,1-2H3,(H,20,25). The van der Waals surface area contributed by atoms with Gasteiger partial charge < -0.3 is 9.88 Å². The molecule has 0 saturated carbocycles. The summed E-state index contributed by atoms with van der Waals surface area (Å²) in [5.41, 5.74) is 1.83. The van der Waals surface area contributed by atoms with E-state index in [9.17, 15) is 9.59 Å². The lowest BCUT2D eigenvalue weighted by molar-refractivity contribution is 0.0796. The first kappa shape index (κ1) is 17.0. The van der Waals surface area contributed by atoms with Crippen molar-refractivity contribution >= 4 is 29.0 Å². The Morgan fingerprint density at radius 2 is 2.12 bits per heavy atom. The number of rotatable bonds is 4. The summed E-state index contributed by atoms with van der Waals surface area (Å²) < 4.78 is 1.70. The second-order valence-electron chi connectivity index (χ2n) is 5.85. The Kier molecular flexibility index (Phi) is 4.76. The van der Waals surface area contributed by atoms with Crippen LogP contribution in [0.5, 0.6) is 0 Å². The topological polar surface area (TPSA) is 71.0 Å². The number of carbonyl (C=O) groups excluding carboxylic acids is 1. The molecule has 1 amide bonds. The number of pyridine rings is 1. The Balaban J connectivity index is 1.83. The largest absolute Gasteiger partial charge is 0.341 e. The number of nitrogens with zero attached hydrogens (tertiary/aromatic N) is 3. The molecule has 2 heterocycles. The van der Waals surface area contributed by atoms with Gasteiger partial charge in [0.05, 0.1) is 10.9 Å². The van der Waals surface area contributed by atoms with Gasteiger partial charge in [-0.1, -0.05) is 6.07 Å². The van der Waals surface area contributed by atoms with Crippen LogP contribution < -0.4 is 5.56 Å². The number of nitrogens with one attached hydrogen (secondary N) is 1. The predicted molar refractivity (Wildman–Crippen MR) is 99.3 cm³/mol. The molecular weight excluding hydrogens is 336 g/mol. The average Bonchev–Trinajstić information content (AvgIpc) is 2.64. The van der Waals surface area contributed by atoms with Crippen LogP contribution in [0.25, 0.3) is 10.9 Å². The minimum Gasteiger partial charge on any atom is -0.341 e. The van der Waals surface area contributed by atoms with Crippen molar-refractivity contribution in [1.82, 2.24) is 19.4 Å². The summed E-state index contributed by atoms with van der Waals surface area (Å²) >= 11 is 5.13. The summed E-state index contributed by atoms with van der Waals surface area (Å²) in [7, 11) is 3.37. The number of aromatic nitrogens is 3. The van der Waals surface area contributed by atoms with Gasteiger partial charge in [-0.05, 0) is 42.5 Å². The summed E-state index contributed by atoms with van der Waals surface area (Å²) in [5, 5.41) is 0.504. The van der Waals surface area contributed by atoms with Crippen LogP contribution in [0, 0.1) is 4.77 Å². The molecule has 0 spiro atoms. The van der Waals surface area contributed by atoms with Crippen molar-refractivity contribution in [1.29, 1.82) is 0 Å². The van der Waals surface area contributed by atoms with Crippen LogP contribution in [0.4, 0.5) is 0 Å². The molecule has 3 aromatic rings. The number of carbonyl (C=O) groups is 1. The van der Waals surface area contributed by atoms with Crippen LogP contribution in [0.15, 0.2) is 47.4 Å². The van der Waals surface area contributed by atoms with E-state index >= 15 is 0 Å². The predicted octanol–water partition coefficient (Wildman–Crippen LogP) is 2.31. The van der Waals surface area contributed by atoms with Gasteiger partial charge in [-0.15, -0.1) is 0 Å². The molecule has 25 heavy (non-hydrogen) atoms. The molecule has 0 unspecified atom stereocenters. The third-order valence-electron chi connectivity index (χ3n) is 4.12. The van der Waals surface area contributed by atoms with Crippen LogP contribution >= 0.6 is 12.2 Å². The molecular formula is C18H18N4O2S. The highest BCUT2D eigenvalue weighted by molar-refractivity contribution is 7.71. The number of benzene rings is 1. The van der Waals surface area contributed by atoms with Crippen LogP contribution in [-0.4, -0.2) is 38.9 Å². The van der Waals surface area contributed by atoms with E-state index in [2.05, 4.69) is 9.97 Å². The van der Waals surface area contributed by atoms with Crippen LogP contribution in [0.3, 0.4) is 0 Å². The molecule has 0 radical (unpaired) electrons. The van der Waals surface area contributed by atoms with Crippen LogP contribution in [-0.2, 0) is 13.5 Å². The molecule has 7 heteroatoms. The molecule has 1 N–H and O–H groups in total. The fourth-order valence-corrected chi connectivity index (χ4v) is 2.78. The van der Waals surface area contributed by atoms with Crippen molar-refractivity contribution in [3.8, 4) is 0 Å². The van der Waals surface area contributed by atoms with E-state index in [-0.39, 0.29) is 11.5 Å². The molecule has 0 fully saturated rings. The molecule has 0 aliphatic rings. The Hall–Kier alpha value is -2.80. The molecule has 1 aromatic carbocycles. The van der Waals surface area contributed by atoms with Gasteiger partial charge >= 0.3 is 0 Å². The summed E-state index contributed by atoms with van der Waals surface area (Å²) in [6, 6.07) is 10.7. The number of likely N-dealkylation sites (N-methyl/N-ethyl adjacent to an activating group) is 1. The van der Waals surface area contributed by atoms with Crippen molar-refractivity contribution in [3.05, 3.63) is 69.0 Å². The van der Waals surface area contributed by atoms with Crippen molar-refractivity contribution in [2.24, 2.45) is 7.05 Å². The van der Waals surface area contributed by atoms with E-state index < -0.39 is 0 Å². The maximum atomic E-state index is 12.6. The van der Waals surface area contributed by atoms with Crippen molar-refractivity contribution in [2.45, 2.75) is 6.42 Å². The first-order chi connectivity index (χ1) is 12.0. The van der Waals surface area contributed by atoms with Gasteiger partial charge in [-0.25, -0.2) is 0 Å². The van der Waals surface area contributed by atoms with E-state index in [1.165, 1.54) is 4.57 Å². The van der Waals surface area contributed by atoms with Crippen LogP contribution in [0.2, 0.25) is 0 Å². The monoisotopic (exact) mass is 354 g/mol. The van der Waals surface area contributed by atoms with E-state index in [4.69, 9.17) is 12.2 Å². The Morgan fingerprint density at radius 3 is 2.84 bits per heavy atom. The zero-order valence-electron chi connectivity index (χ0n) is 14.0. The Bertz CT molecular complexity index is 1040. The lowest BCUT2D eigenvalue weighted by atomic mass is 10.1. The van der Waals surface area contributed by atoms with E-state index in [1.54, 1.807) is 43.4 Å². The van der Waals surface area contributed by atoms with Gasteiger partial charge in [0, 0.05) is 44.5 Å². The zero-order chi connectivity index (χ0) is 18.0. The van der Waals surface area contributed by atoms with E-state index in [0.29, 0.717) is 34.2 Å². The fourth-order valence-electron chi connectivity index (χ4n) is 2.59. The van der Waals surface area contributed by atoms with Gasteiger partial charge in [0.2, 0.25) is 0 Å². The Morgan fingerprint density at radius 1 is 1.32 bits per heavy atom. The quantitative estimate of drug-likeness (QED) is 0.730. The van der Waals surface area contributed by atoms with E-state index in [1.807, 2.05) is 18.2 Å². The highest BCUT2D eigenvalue weighted by Crippen LogP contribution is 2.12. The second kappa shape index (κ2) is 6.98. The number of fused-ring (bicyclic) bond motifs is 1. The number of aromatic amines is 1. The molecule has 0 aliphatic carbocycles. The lowest BCUT2D eigenvalue weighted by Crippen LogP contribution is -2.29. The van der Waals surface area contributed by atoms with E-state index in [0.717, 1.165) is 5.69 Å². The highest BCUT2D eigenvalue weighted by atomic mass is 32.1. The first-order valence-corrected chi connectivity index (χ1v) is 8.26. The van der Waals surface area contributed by atoms with Crippen molar-refractivity contribution in [3.63, 3.8) is 0 Å². The maximum Gasteiger partial charge on any atom is 0.261 e. The van der Waals surface area contributed by atoms with Gasteiger partial charge in [0.1, 0.15) is 0 Å². The minimum atomic E-state index is -0.179. The van der Waals surface area contributed by atoms with Gasteiger partial charge in [-0.3, -0.25) is 19.1 Å². The molecule has 6 nitrogen and oxygen atoms in total. The molecule has 2 aromatic heterocycles. The van der Waals surface area contributed by atoms with Crippen molar-refractivity contribution < 1.29 is 4.79 Å². The summed E-state index contributed by atoms with van der Waals surface area (Å²) in [6.07, 6.45) is 2.42. The zero-order valence-corrected chi connectivity index (χ0v) is 14.8. The van der Waals surface area contributed by atoms with Gasteiger partial charge in [0.15, 0.2) is 4.77 Å². The van der Waals surface area contributed by atoms with Crippen LogP contribution in [0.1, 0.15) is 16.1 Å². The maximum absolute atomic E-state index is 12.6. The molecule has 0 atom stereocenters.